The highest BCUT2D eigenvalue weighted by atomic mass is 19.1. The number of rotatable bonds is 1. The Bertz CT molecular complexity index is 233. The van der Waals surface area contributed by atoms with E-state index in [1.165, 1.54) is 0 Å². The highest BCUT2D eigenvalue weighted by molar-refractivity contribution is 5.21. The first-order valence-corrected chi connectivity index (χ1v) is 3.48. The maximum absolute atomic E-state index is 12.8. The lowest BCUT2D eigenvalue weighted by molar-refractivity contribution is 0.541. The van der Waals surface area contributed by atoms with Crippen LogP contribution in [0.25, 0.3) is 0 Å². The van der Waals surface area contributed by atoms with Crippen molar-refractivity contribution in [3.63, 3.8) is 0 Å². The Balaban J connectivity index is 3.21. The summed E-state index contributed by atoms with van der Waals surface area (Å²) < 4.78 is 25.7. The van der Waals surface area contributed by atoms with Gasteiger partial charge in [0, 0.05) is 5.56 Å². The third-order valence-electron chi connectivity index (χ3n) is 1.51. The van der Waals surface area contributed by atoms with Crippen molar-refractivity contribution in [2.45, 2.75) is 19.8 Å². The predicted molar refractivity (Wildman–Crippen MR) is 39.3 cm³/mol. The lowest BCUT2D eigenvalue weighted by Crippen LogP contribution is -1.96. The molecule has 59 valence electrons. The minimum absolute atomic E-state index is 0.121. The van der Waals surface area contributed by atoms with Crippen molar-refractivity contribution >= 4 is 0 Å². The van der Waals surface area contributed by atoms with Crippen LogP contribution in [0.5, 0.6) is 0 Å². The molecular weight excluding hydrogens is 146 g/mol. The minimum Gasteiger partial charge on any atom is -0.207 e. The van der Waals surface area contributed by atoms with Crippen molar-refractivity contribution in [3.8, 4) is 0 Å². The Morgan fingerprint density at radius 3 is 1.91 bits per heavy atom. The van der Waals surface area contributed by atoms with Crippen LogP contribution in [-0.4, -0.2) is 0 Å². The lowest BCUT2D eigenvalue weighted by Gasteiger charge is -2.06. The highest BCUT2D eigenvalue weighted by Crippen LogP contribution is 2.20. The molecule has 1 rings (SSSR count). The van der Waals surface area contributed by atoms with E-state index in [2.05, 4.69) is 6.07 Å². The quantitative estimate of drug-likeness (QED) is 0.585. The van der Waals surface area contributed by atoms with Crippen molar-refractivity contribution in [3.05, 3.63) is 35.4 Å². The second-order valence-corrected chi connectivity index (χ2v) is 2.72. The van der Waals surface area contributed by atoms with Gasteiger partial charge in [0.15, 0.2) is 0 Å². The molecule has 0 aromatic heterocycles. The van der Waals surface area contributed by atoms with E-state index in [0.29, 0.717) is 0 Å². The first-order chi connectivity index (χ1) is 5.13. The molecule has 0 nitrogen and oxygen atoms in total. The van der Waals surface area contributed by atoms with Gasteiger partial charge in [-0.05, 0) is 24.1 Å². The molecule has 1 aromatic carbocycles. The lowest BCUT2D eigenvalue weighted by atomic mass is 10.0. The Labute approximate surface area is 64.9 Å². The van der Waals surface area contributed by atoms with Crippen LogP contribution in [0.3, 0.4) is 0 Å². The zero-order valence-electron chi connectivity index (χ0n) is 6.49. The average molecular weight is 155 g/mol. The van der Waals surface area contributed by atoms with Crippen molar-refractivity contribution in [1.82, 2.24) is 0 Å². The van der Waals surface area contributed by atoms with Gasteiger partial charge in [0.1, 0.15) is 11.6 Å². The molecule has 0 aliphatic heterocycles. The smallest absolute Gasteiger partial charge is 0.130 e. The maximum atomic E-state index is 12.8. The Kier molecular flexibility index (Phi) is 2.22. The first kappa shape index (κ1) is 8.18. The van der Waals surface area contributed by atoms with Crippen molar-refractivity contribution in [2.24, 2.45) is 0 Å². The molecule has 1 radical (unpaired) electrons. The second kappa shape index (κ2) is 2.99. The van der Waals surface area contributed by atoms with Gasteiger partial charge in [0.2, 0.25) is 0 Å². The average Bonchev–Trinajstić information content (AvgIpc) is 1.85. The van der Waals surface area contributed by atoms with E-state index in [1.54, 1.807) is 13.8 Å². The van der Waals surface area contributed by atoms with Gasteiger partial charge in [-0.2, -0.15) is 0 Å². The van der Waals surface area contributed by atoms with E-state index in [9.17, 15) is 8.78 Å². The van der Waals surface area contributed by atoms with E-state index in [0.717, 1.165) is 12.1 Å². The van der Waals surface area contributed by atoms with Gasteiger partial charge in [-0.15, -0.1) is 0 Å². The molecule has 0 bridgehead atoms. The molecule has 0 spiro atoms. The predicted octanol–water partition coefficient (Wildman–Crippen LogP) is 2.89. The van der Waals surface area contributed by atoms with Crippen LogP contribution in [0.1, 0.15) is 25.3 Å². The molecule has 0 aliphatic rings. The summed E-state index contributed by atoms with van der Waals surface area (Å²) in [7, 11) is 0. The van der Waals surface area contributed by atoms with Crippen LogP contribution in [0.15, 0.2) is 12.1 Å². The van der Waals surface area contributed by atoms with Crippen LogP contribution in [-0.2, 0) is 0 Å². The molecule has 0 N–H and O–H groups in total. The topological polar surface area (TPSA) is 0 Å². The third kappa shape index (κ3) is 1.56. The number of halogens is 2. The zero-order valence-corrected chi connectivity index (χ0v) is 6.49. The largest absolute Gasteiger partial charge is 0.207 e. The Morgan fingerprint density at radius 1 is 1.18 bits per heavy atom. The van der Waals surface area contributed by atoms with E-state index in [4.69, 9.17) is 0 Å². The molecule has 0 saturated heterocycles. The standard InChI is InChI=1S/C9H9F2/c1-6(2)9-7(10)4-3-5-8(9)11/h4-6H,1-2H3. The van der Waals surface area contributed by atoms with Crippen LogP contribution in [0, 0.1) is 17.7 Å². The summed E-state index contributed by atoms with van der Waals surface area (Å²) in [5.41, 5.74) is 0.142. The number of hydrogen-bond acceptors (Lipinski definition) is 0. The molecule has 0 aliphatic carbocycles. The number of hydrogen-bond donors (Lipinski definition) is 0. The summed E-state index contributed by atoms with van der Waals surface area (Å²) in [6.07, 6.45) is 0. The highest BCUT2D eigenvalue weighted by Gasteiger charge is 2.10. The van der Waals surface area contributed by atoms with Gasteiger partial charge in [-0.3, -0.25) is 0 Å². The molecule has 0 amide bonds. The van der Waals surface area contributed by atoms with Gasteiger partial charge < -0.3 is 0 Å². The summed E-state index contributed by atoms with van der Waals surface area (Å²) in [5, 5.41) is 0. The zero-order chi connectivity index (χ0) is 8.43. The molecule has 0 heterocycles. The monoisotopic (exact) mass is 155 g/mol. The second-order valence-electron chi connectivity index (χ2n) is 2.72. The molecule has 0 fully saturated rings. The molecule has 0 atom stereocenters. The molecule has 11 heavy (non-hydrogen) atoms. The van der Waals surface area contributed by atoms with Gasteiger partial charge in [0.25, 0.3) is 0 Å². The van der Waals surface area contributed by atoms with Gasteiger partial charge >= 0.3 is 0 Å². The Morgan fingerprint density at radius 2 is 1.64 bits per heavy atom. The van der Waals surface area contributed by atoms with Crippen molar-refractivity contribution in [1.29, 1.82) is 0 Å². The fourth-order valence-electron chi connectivity index (χ4n) is 1.01. The van der Waals surface area contributed by atoms with Gasteiger partial charge in [-0.25, -0.2) is 8.78 Å². The van der Waals surface area contributed by atoms with Crippen molar-refractivity contribution in [2.75, 3.05) is 0 Å². The van der Waals surface area contributed by atoms with Gasteiger partial charge in [-0.1, -0.05) is 13.8 Å². The van der Waals surface area contributed by atoms with E-state index in [-0.39, 0.29) is 11.5 Å². The van der Waals surface area contributed by atoms with Crippen LogP contribution < -0.4 is 0 Å². The molecular formula is C9H9F2. The van der Waals surface area contributed by atoms with Crippen LogP contribution >= 0.6 is 0 Å². The maximum Gasteiger partial charge on any atom is 0.130 e. The fraction of sp³-hybridized carbons (Fsp3) is 0.333. The molecule has 2 heteroatoms. The van der Waals surface area contributed by atoms with Crippen molar-refractivity contribution < 1.29 is 8.78 Å². The fourth-order valence-corrected chi connectivity index (χ4v) is 1.01. The summed E-state index contributed by atoms with van der Waals surface area (Å²) in [6, 6.07) is 4.68. The third-order valence-corrected chi connectivity index (χ3v) is 1.51. The summed E-state index contributed by atoms with van der Waals surface area (Å²) in [4.78, 5) is 0. The number of benzene rings is 1. The summed E-state index contributed by atoms with van der Waals surface area (Å²) in [5.74, 6) is -1.15. The summed E-state index contributed by atoms with van der Waals surface area (Å²) in [6.45, 7) is 3.50. The normalized spacial score (nSPS) is 10.6. The Hall–Kier alpha value is -0.920. The van der Waals surface area contributed by atoms with E-state index >= 15 is 0 Å². The SMILES string of the molecule is CC(C)c1c(F)c[c]cc1F. The van der Waals surface area contributed by atoms with Gasteiger partial charge in [0.05, 0.1) is 0 Å². The molecule has 1 aromatic rings. The van der Waals surface area contributed by atoms with E-state index in [1.807, 2.05) is 0 Å². The van der Waals surface area contributed by atoms with Crippen LogP contribution in [0.2, 0.25) is 0 Å². The summed E-state index contributed by atoms with van der Waals surface area (Å²) >= 11 is 0. The van der Waals surface area contributed by atoms with Crippen LogP contribution in [0.4, 0.5) is 8.78 Å². The minimum atomic E-state index is -0.514. The first-order valence-electron chi connectivity index (χ1n) is 3.48. The molecule has 0 saturated carbocycles. The molecule has 0 unspecified atom stereocenters. The van der Waals surface area contributed by atoms with E-state index < -0.39 is 11.6 Å².